The van der Waals surface area contributed by atoms with E-state index < -0.39 is 0 Å². The maximum Gasteiger partial charge on any atom is 0.258 e. The predicted molar refractivity (Wildman–Crippen MR) is 90.8 cm³/mol. The van der Waals surface area contributed by atoms with Crippen LogP contribution in [0.15, 0.2) is 36.7 Å². The summed E-state index contributed by atoms with van der Waals surface area (Å²) in [6.45, 7) is 3.50. The Bertz CT molecular complexity index is 611. The van der Waals surface area contributed by atoms with Crippen LogP contribution in [0, 0.1) is 0 Å². The number of amides is 1. The van der Waals surface area contributed by atoms with E-state index in [4.69, 9.17) is 4.74 Å². The van der Waals surface area contributed by atoms with E-state index in [-0.39, 0.29) is 5.91 Å². The topological polar surface area (TPSA) is 76.1 Å². The Balaban J connectivity index is 1.88. The number of nitrogens with zero attached hydrogens (tertiary/aromatic N) is 2. The second-order valence-electron chi connectivity index (χ2n) is 5.07. The number of methoxy groups -OCH3 is 1. The van der Waals surface area contributed by atoms with Crippen LogP contribution in [0.5, 0.6) is 0 Å². The van der Waals surface area contributed by atoms with Crippen LogP contribution in [0.4, 0.5) is 11.6 Å². The van der Waals surface area contributed by atoms with Crippen molar-refractivity contribution in [2.24, 2.45) is 0 Å². The molecule has 0 unspecified atom stereocenters. The summed E-state index contributed by atoms with van der Waals surface area (Å²) in [4.78, 5) is 20.4. The van der Waals surface area contributed by atoms with Gasteiger partial charge in [0, 0.05) is 38.3 Å². The molecular weight excluding hydrogens is 292 g/mol. The Morgan fingerprint density at radius 3 is 2.48 bits per heavy atom. The first-order valence-corrected chi connectivity index (χ1v) is 7.68. The van der Waals surface area contributed by atoms with Crippen molar-refractivity contribution >= 4 is 17.5 Å². The number of aromatic nitrogens is 2. The Hall–Kier alpha value is -2.47. The molecule has 0 saturated carbocycles. The van der Waals surface area contributed by atoms with Gasteiger partial charge in [-0.25, -0.2) is 9.97 Å². The van der Waals surface area contributed by atoms with Crippen LogP contribution in [-0.4, -0.2) is 36.1 Å². The molecule has 1 heterocycles. The molecule has 6 nitrogen and oxygen atoms in total. The normalized spacial score (nSPS) is 10.3. The zero-order valence-corrected chi connectivity index (χ0v) is 13.5. The lowest BCUT2D eigenvalue weighted by atomic mass is 10.1. The first-order valence-electron chi connectivity index (χ1n) is 7.68. The molecule has 2 aromatic rings. The molecule has 0 radical (unpaired) electrons. The molecule has 1 amide bonds. The van der Waals surface area contributed by atoms with E-state index in [9.17, 15) is 4.79 Å². The largest absolute Gasteiger partial charge is 0.385 e. The lowest BCUT2D eigenvalue weighted by Crippen LogP contribution is -2.14. The van der Waals surface area contributed by atoms with Crippen LogP contribution < -0.4 is 10.6 Å². The third-order valence-corrected chi connectivity index (χ3v) is 3.34. The summed E-state index contributed by atoms with van der Waals surface area (Å²) in [6, 6.07) is 7.78. The molecule has 0 aliphatic rings. The lowest BCUT2D eigenvalue weighted by molar-refractivity contribution is 0.102. The summed E-state index contributed by atoms with van der Waals surface area (Å²) in [5.74, 6) is 0.283. The quantitative estimate of drug-likeness (QED) is 0.733. The number of aryl methyl sites for hydroxylation is 1. The lowest BCUT2D eigenvalue weighted by Gasteiger charge is -2.07. The fraction of sp³-hybridized carbons (Fsp3) is 0.353. The van der Waals surface area contributed by atoms with E-state index >= 15 is 0 Å². The number of ether oxygens (including phenoxy) is 1. The van der Waals surface area contributed by atoms with Crippen molar-refractivity contribution in [2.45, 2.75) is 19.8 Å². The van der Waals surface area contributed by atoms with Crippen molar-refractivity contribution in [1.29, 1.82) is 0 Å². The third kappa shape index (κ3) is 5.34. The van der Waals surface area contributed by atoms with Gasteiger partial charge in [-0.2, -0.15) is 0 Å². The summed E-state index contributed by atoms with van der Waals surface area (Å²) in [6.07, 6.45) is 4.87. The maximum absolute atomic E-state index is 12.2. The van der Waals surface area contributed by atoms with Gasteiger partial charge in [0.15, 0.2) is 0 Å². The number of benzene rings is 1. The molecule has 0 spiro atoms. The van der Waals surface area contributed by atoms with Crippen molar-refractivity contribution in [3.63, 3.8) is 0 Å². The van der Waals surface area contributed by atoms with E-state index in [1.807, 2.05) is 24.3 Å². The SMILES string of the molecule is CCc1ccc(NC(=O)c2cnc(NCCCOC)nc2)cc1. The van der Waals surface area contributed by atoms with Crippen molar-refractivity contribution in [1.82, 2.24) is 9.97 Å². The number of carbonyl (C=O) groups is 1. The molecule has 1 aromatic carbocycles. The number of nitrogens with one attached hydrogen (secondary N) is 2. The van der Waals surface area contributed by atoms with Crippen molar-refractivity contribution in [2.75, 3.05) is 30.9 Å². The third-order valence-electron chi connectivity index (χ3n) is 3.34. The fourth-order valence-corrected chi connectivity index (χ4v) is 1.98. The van der Waals surface area contributed by atoms with Gasteiger partial charge in [0.1, 0.15) is 0 Å². The monoisotopic (exact) mass is 314 g/mol. The number of hydrogen-bond acceptors (Lipinski definition) is 5. The second kappa shape index (κ2) is 8.85. The van der Waals surface area contributed by atoms with Gasteiger partial charge in [0.2, 0.25) is 5.95 Å². The standard InChI is InChI=1S/C17H22N4O2/c1-3-13-5-7-15(8-6-13)21-16(22)14-11-19-17(20-12-14)18-9-4-10-23-2/h5-8,11-12H,3-4,9-10H2,1-2H3,(H,21,22)(H,18,19,20). The van der Waals surface area contributed by atoms with Gasteiger partial charge in [-0.05, 0) is 30.5 Å². The molecule has 1 aromatic heterocycles. The minimum atomic E-state index is -0.222. The Kier molecular flexibility index (Phi) is 6.50. The first kappa shape index (κ1) is 16.9. The molecule has 2 rings (SSSR count). The van der Waals surface area contributed by atoms with E-state index in [2.05, 4.69) is 27.5 Å². The van der Waals surface area contributed by atoms with Gasteiger partial charge in [-0.15, -0.1) is 0 Å². The Morgan fingerprint density at radius 2 is 1.87 bits per heavy atom. The van der Waals surface area contributed by atoms with E-state index in [1.54, 1.807) is 7.11 Å². The van der Waals surface area contributed by atoms with Gasteiger partial charge < -0.3 is 15.4 Å². The molecular formula is C17H22N4O2. The number of hydrogen-bond donors (Lipinski definition) is 2. The van der Waals surface area contributed by atoms with E-state index in [0.29, 0.717) is 18.1 Å². The van der Waals surface area contributed by atoms with Crippen LogP contribution in [0.1, 0.15) is 29.3 Å². The van der Waals surface area contributed by atoms with Crippen molar-refractivity contribution in [3.05, 3.63) is 47.8 Å². The van der Waals surface area contributed by atoms with Crippen LogP contribution >= 0.6 is 0 Å². The van der Waals surface area contributed by atoms with Gasteiger partial charge >= 0.3 is 0 Å². The Labute approximate surface area is 136 Å². The molecule has 0 atom stereocenters. The molecule has 23 heavy (non-hydrogen) atoms. The highest BCUT2D eigenvalue weighted by Gasteiger charge is 2.07. The maximum atomic E-state index is 12.2. The Morgan fingerprint density at radius 1 is 1.17 bits per heavy atom. The van der Waals surface area contributed by atoms with Crippen LogP contribution in [0.25, 0.3) is 0 Å². The summed E-state index contributed by atoms with van der Waals surface area (Å²) < 4.78 is 4.97. The second-order valence-corrected chi connectivity index (χ2v) is 5.07. The molecule has 0 aliphatic heterocycles. The number of carbonyl (C=O) groups excluding carboxylic acids is 1. The molecule has 2 N–H and O–H groups in total. The highest BCUT2D eigenvalue weighted by atomic mass is 16.5. The molecule has 0 aliphatic carbocycles. The zero-order valence-electron chi connectivity index (χ0n) is 13.5. The predicted octanol–water partition coefficient (Wildman–Crippen LogP) is 2.74. The van der Waals surface area contributed by atoms with Crippen LogP contribution in [-0.2, 0) is 11.2 Å². The fourth-order valence-electron chi connectivity index (χ4n) is 1.98. The molecule has 6 heteroatoms. The molecule has 0 fully saturated rings. The summed E-state index contributed by atoms with van der Waals surface area (Å²) in [5, 5.41) is 5.91. The van der Waals surface area contributed by atoms with Crippen molar-refractivity contribution in [3.8, 4) is 0 Å². The van der Waals surface area contributed by atoms with Gasteiger partial charge in [-0.1, -0.05) is 19.1 Å². The molecule has 122 valence electrons. The average molecular weight is 314 g/mol. The van der Waals surface area contributed by atoms with Gasteiger partial charge in [-0.3, -0.25) is 4.79 Å². The van der Waals surface area contributed by atoms with Gasteiger partial charge in [0.05, 0.1) is 5.56 Å². The average Bonchev–Trinajstić information content (AvgIpc) is 2.60. The summed E-state index contributed by atoms with van der Waals surface area (Å²) >= 11 is 0. The van der Waals surface area contributed by atoms with Crippen LogP contribution in [0.3, 0.4) is 0 Å². The van der Waals surface area contributed by atoms with Crippen molar-refractivity contribution < 1.29 is 9.53 Å². The number of anilines is 2. The summed E-state index contributed by atoms with van der Waals surface area (Å²) in [7, 11) is 1.67. The molecule has 0 bridgehead atoms. The zero-order chi connectivity index (χ0) is 16.5. The first-order chi connectivity index (χ1) is 11.2. The highest BCUT2D eigenvalue weighted by molar-refractivity contribution is 6.03. The number of rotatable bonds is 8. The summed E-state index contributed by atoms with van der Waals surface area (Å²) in [5.41, 5.74) is 2.41. The minimum Gasteiger partial charge on any atom is -0.385 e. The molecule has 0 saturated heterocycles. The van der Waals surface area contributed by atoms with Gasteiger partial charge in [0.25, 0.3) is 5.91 Å². The van der Waals surface area contributed by atoms with E-state index in [0.717, 1.165) is 25.1 Å². The minimum absolute atomic E-state index is 0.222. The highest BCUT2D eigenvalue weighted by Crippen LogP contribution is 2.11. The smallest absolute Gasteiger partial charge is 0.258 e. The van der Waals surface area contributed by atoms with E-state index in [1.165, 1.54) is 18.0 Å². The van der Waals surface area contributed by atoms with Crippen LogP contribution in [0.2, 0.25) is 0 Å².